The van der Waals surface area contributed by atoms with E-state index in [0.717, 1.165) is 21.5 Å². The molecule has 168 valence electrons. The molecule has 0 saturated heterocycles. The second-order valence-corrected chi connectivity index (χ2v) is 8.52. The highest BCUT2D eigenvalue weighted by molar-refractivity contribution is 7.22. The van der Waals surface area contributed by atoms with Crippen molar-refractivity contribution in [2.45, 2.75) is 6.54 Å². The lowest BCUT2D eigenvalue weighted by Gasteiger charge is -2.20. The van der Waals surface area contributed by atoms with Crippen molar-refractivity contribution in [1.82, 2.24) is 14.8 Å². The molecule has 0 N–H and O–H groups in total. The van der Waals surface area contributed by atoms with Gasteiger partial charge < -0.3 is 4.74 Å². The van der Waals surface area contributed by atoms with E-state index in [2.05, 4.69) is 5.10 Å². The average molecular weight is 469 g/mol. The maximum absolute atomic E-state index is 13.7. The van der Waals surface area contributed by atoms with Gasteiger partial charge in [-0.3, -0.25) is 14.5 Å². The molecule has 0 bridgehead atoms. The number of rotatable bonds is 6. The molecule has 2 aromatic heterocycles. The Morgan fingerprint density at radius 1 is 0.971 bits per heavy atom. The number of aromatic nitrogens is 3. The van der Waals surface area contributed by atoms with Crippen LogP contribution in [-0.2, 0) is 6.54 Å². The highest BCUT2D eigenvalue weighted by atomic mass is 32.1. The topological polar surface area (TPSA) is 77.3 Å². The molecule has 34 heavy (non-hydrogen) atoms. The maximum atomic E-state index is 13.7. The van der Waals surface area contributed by atoms with Crippen molar-refractivity contribution in [1.29, 1.82) is 0 Å². The Labute approximate surface area is 199 Å². The number of ether oxygens (including phenoxy) is 1. The van der Waals surface area contributed by atoms with E-state index in [1.54, 1.807) is 24.1 Å². The third-order valence-electron chi connectivity index (χ3n) is 5.26. The molecule has 0 radical (unpaired) electrons. The number of thiazole rings is 1. The average Bonchev–Trinajstić information content (AvgIpc) is 3.31. The van der Waals surface area contributed by atoms with Crippen molar-refractivity contribution < 1.29 is 9.53 Å². The standard InChI is InChI=1S/C26H20N4O3S/c1-33-20-12-13-21-23(16-20)34-26(27-21)29(17-18-8-4-2-5-9-18)25(32)22-14-15-24(31)30(28-22)19-10-6-3-7-11-19/h2-16H,17H2,1H3. The van der Waals surface area contributed by atoms with Crippen LogP contribution in [0.4, 0.5) is 5.13 Å². The lowest BCUT2D eigenvalue weighted by atomic mass is 10.2. The zero-order valence-corrected chi connectivity index (χ0v) is 19.1. The molecular weight excluding hydrogens is 448 g/mol. The molecule has 7 nitrogen and oxygen atoms in total. The van der Waals surface area contributed by atoms with Crippen molar-refractivity contribution in [2.75, 3.05) is 12.0 Å². The van der Waals surface area contributed by atoms with E-state index in [9.17, 15) is 9.59 Å². The predicted octanol–water partition coefficient (Wildman–Crippen LogP) is 4.70. The molecular formula is C26H20N4O3S. The monoisotopic (exact) mass is 468 g/mol. The van der Waals surface area contributed by atoms with Crippen molar-refractivity contribution in [2.24, 2.45) is 0 Å². The Morgan fingerprint density at radius 2 is 1.71 bits per heavy atom. The molecule has 3 aromatic carbocycles. The van der Waals surface area contributed by atoms with E-state index in [4.69, 9.17) is 9.72 Å². The number of hydrogen-bond acceptors (Lipinski definition) is 6. The molecule has 0 aliphatic heterocycles. The minimum absolute atomic E-state index is 0.149. The van der Waals surface area contributed by atoms with Gasteiger partial charge in [0.05, 0.1) is 29.6 Å². The molecule has 5 rings (SSSR count). The predicted molar refractivity (Wildman–Crippen MR) is 133 cm³/mol. The van der Waals surface area contributed by atoms with Crippen molar-refractivity contribution >= 4 is 32.6 Å². The van der Waals surface area contributed by atoms with E-state index in [-0.39, 0.29) is 17.2 Å². The number of carbonyl (C=O) groups is 1. The van der Waals surface area contributed by atoms with Gasteiger partial charge in [0.2, 0.25) is 0 Å². The minimum Gasteiger partial charge on any atom is -0.497 e. The van der Waals surface area contributed by atoms with Gasteiger partial charge in [-0.2, -0.15) is 9.78 Å². The number of fused-ring (bicyclic) bond motifs is 1. The van der Waals surface area contributed by atoms with E-state index >= 15 is 0 Å². The molecule has 0 atom stereocenters. The van der Waals surface area contributed by atoms with E-state index in [0.29, 0.717) is 17.4 Å². The summed E-state index contributed by atoms with van der Waals surface area (Å²) in [6, 6.07) is 27.1. The summed E-state index contributed by atoms with van der Waals surface area (Å²) >= 11 is 1.40. The summed E-state index contributed by atoms with van der Waals surface area (Å²) in [4.78, 5) is 32.5. The summed E-state index contributed by atoms with van der Waals surface area (Å²) in [6.07, 6.45) is 0. The molecule has 2 heterocycles. The van der Waals surface area contributed by atoms with Crippen LogP contribution in [0.1, 0.15) is 16.1 Å². The van der Waals surface area contributed by atoms with Gasteiger partial charge in [0.25, 0.3) is 11.5 Å². The zero-order valence-electron chi connectivity index (χ0n) is 18.3. The number of carbonyl (C=O) groups excluding carboxylic acids is 1. The third kappa shape index (κ3) is 4.31. The van der Waals surface area contributed by atoms with Crippen molar-refractivity contribution in [3.05, 3.63) is 113 Å². The van der Waals surface area contributed by atoms with Gasteiger partial charge >= 0.3 is 0 Å². The summed E-state index contributed by atoms with van der Waals surface area (Å²) in [7, 11) is 1.61. The number of amides is 1. The molecule has 0 saturated carbocycles. The van der Waals surface area contributed by atoms with Crippen LogP contribution in [0.5, 0.6) is 5.75 Å². The molecule has 0 spiro atoms. The van der Waals surface area contributed by atoms with Crippen LogP contribution in [-0.4, -0.2) is 27.8 Å². The number of anilines is 1. The third-order valence-corrected chi connectivity index (χ3v) is 6.31. The second-order valence-electron chi connectivity index (χ2n) is 7.51. The Bertz CT molecular complexity index is 1510. The molecule has 8 heteroatoms. The number of methoxy groups -OCH3 is 1. The molecule has 1 amide bonds. The first-order valence-corrected chi connectivity index (χ1v) is 11.4. The first-order valence-electron chi connectivity index (χ1n) is 10.6. The van der Waals surface area contributed by atoms with Crippen LogP contribution >= 0.6 is 11.3 Å². The Hall–Kier alpha value is -4.30. The SMILES string of the molecule is COc1ccc2nc(N(Cc3ccccc3)C(=O)c3ccc(=O)n(-c4ccccc4)n3)sc2c1. The lowest BCUT2D eigenvalue weighted by Crippen LogP contribution is -2.33. The highest BCUT2D eigenvalue weighted by Crippen LogP contribution is 2.32. The van der Waals surface area contributed by atoms with Crippen LogP contribution < -0.4 is 15.2 Å². The molecule has 0 fully saturated rings. The molecule has 0 aliphatic carbocycles. The van der Waals surface area contributed by atoms with E-state index < -0.39 is 0 Å². The van der Waals surface area contributed by atoms with Gasteiger partial charge in [-0.1, -0.05) is 59.9 Å². The minimum atomic E-state index is -0.348. The fourth-order valence-corrected chi connectivity index (χ4v) is 4.54. The maximum Gasteiger partial charge on any atom is 0.280 e. The molecule has 5 aromatic rings. The highest BCUT2D eigenvalue weighted by Gasteiger charge is 2.24. The van der Waals surface area contributed by atoms with Crippen LogP contribution in [0.3, 0.4) is 0 Å². The number of nitrogens with zero attached hydrogens (tertiary/aromatic N) is 4. The van der Waals surface area contributed by atoms with Crippen LogP contribution in [0.25, 0.3) is 15.9 Å². The quantitative estimate of drug-likeness (QED) is 0.361. The Balaban J connectivity index is 1.58. The lowest BCUT2D eigenvalue weighted by molar-refractivity contribution is 0.0978. The fraction of sp³-hybridized carbons (Fsp3) is 0.0769. The first-order chi connectivity index (χ1) is 16.6. The molecule has 0 unspecified atom stereocenters. The van der Waals surface area contributed by atoms with Crippen molar-refractivity contribution in [3.63, 3.8) is 0 Å². The zero-order chi connectivity index (χ0) is 23.5. The van der Waals surface area contributed by atoms with Crippen LogP contribution in [0, 0.1) is 0 Å². The summed E-state index contributed by atoms with van der Waals surface area (Å²) < 4.78 is 7.47. The van der Waals surface area contributed by atoms with E-state index in [1.165, 1.54) is 28.2 Å². The second kappa shape index (κ2) is 9.29. The normalized spacial score (nSPS) is 10.9. The fourth-order valence-electron chi connectivity index (χ4n) is 3.55. The van der Waals surface area contributed by atoms with Crippen LogP contribution in [0.2, 0.25) is 0 Å². The smallest absolute Gasteiger partial charge is 0.280 e. The Morgan fingerprint density at radius 3 is 2.44 bits per heavy atom. The van der Waals surface area contributed by atoms with E-state index in [1.807, 2.05) is 66.7 Å². The van der Waals surface area contributed by atoms with Gasteiger partial charge in [0.15, 0.2) is 5.13 Å². The van der Waals surface area contributed by atoms with Gasteiger partial charge in [-0.25, -0.2) is 4.98 Å². The van der Waals surface area contributed by atoms with Crippen molar-refractivity contribution in [3.8, 4) is 11.4 Å². The number of para-hydroxylation sites is 1. The molecule has 0 aliphatic rings. The van der Waals surface area contributed by atoms with Gasteiger partial charge in [-0.15, -0.1) is 0 Å². The number of hydrogen-bond donors (Lipinski definition) is 0. The van der Waals surface area contributed by atoms with Gasteiger partial charge in [0, 0.05) is 6.07 Å². The summed E-state index contributed by atoms with van der Waals surface area (Å²) in [5.41, 5.74) is 2.14. The first kappa shape index (κ1) is 21.5. The Kier molecular flexibility index (Phi) is 5.88. The summed E-state index contributed by atoms with van der Waals surface area (Å²) in [5.74, 6) is 0.375. The van der Waals surface area contributed by atoms with Crippen LogP contribution in [0.15, 0.2) is 95.8 Å². The summed E-state index contributed by atoms with van der Waals surface area (Å²) in [6.45, 7) is 0.308. The van der Waals surface area contributed by atoms with Gasteiger partial charge in [0.1, 0.15) is 11.4 Å². The number of benzene rings is 3. The summed E-state index contributed by atoms with van der Waals surface area (Å²) in [5, 5.41) is 4.92. The largest absolute Gasteiger partial charge is 0.497 e. The van der Waals surface area contributed by atoms with Gasteiger partial charge in [-0.05, 0) is 42.0 Å².